The highest BCUT2D eigenvalue weighted by Crippen LogP contribution is 2.49. The molecule has 5 rings (SSSR count). The van der Waals surface area contributed by atoms with Gasteiger partial charge in [-0.05, 0) is 63.1 Å². The van der Waals surface area contributed by atoms with Crippen LogP contribution in [0.25, 0.3) is 5.57 Å². The molecule has 10 heteroatoms. The Morgan fingerprint density at radius 2 is 1.44 bits per heavy atom. The molecular weight excluding hydrogens is 508 g/mol. The first kappa shape index (κ1) is 27.4. The Hall–Kier alpha value is -3.18. The Morgan fingerprint density at radius 1 is 0.769 bits per heavy atom. The minimum Gasteiger partial charge on any atom is -0.504 e. The van der Waals surface area contributed by atoms with Crippen molar-refractivity contribution in [2.45, 2.75) is 63.7 Å². The number of methoxy groups -OCH3 is 4. The van der Waals surface area contributed by atoms with E-state index in [9.17, 15) is 5.11 Å². The third kappa shape index (κ3) is 4.98. The van der Waals surface area contributed by atoms with Crippen LogP contribution in [0.15, 0.2) is 36.1 Å². The summed E-state index contributed by atoms with van der Waals surface area (Å²) in [5, 5.41) is 10.7. The first-order valence-corrected chi connectivity index (χ1v) is 12.8. The van der Waals surface area contributed by atoms with Crippen LogP contribution < -0.4 is 18.9 Å². The molecule has 0 aliphatic carbocycles. The standard InChI is InChI=1S/C29H36O10/c1-28(2)35-14-21(37-28)24-26-27(39-29(3,4)38-26)25(36-24)22(15-9-10-18(31-5)17(30)11-15)16-12-19(32-6)23(34-8)20(13-16)33-7/h9-13,21,24,26-27,30H,14H2,1-8H3/b25-22-/t21-,24+,26-,27+/m1/s1. The number of rotatable bonds is 7. The third-order valence-electron chi connectivity index (χ3n) is 7.04. The monoisotopic (exact) mass is 544 g/mol. The van der Waals surface area contributed by atoms with E-state index < -0.39 is 29.9 Å². The highest BCUT2D eigenvalue weighted by atomic mass is 16.8. The molecule has 4 atom stereocenters. The number of aromatic hydroxyl groups is 1. The molecule has 3 saturated heterocycles. The van der Waals surface area contributed by atoms with Crippen molar-refractivity contribution in [3.63, 3.8) is 0 Å². The predicted molar refractivity (Wildman–Crippen MR) is 140 cm³/mol. The summed E-state index contributed by atoms with van der Waals surface area (Å²) in [7, 11) is 6.16. The quantitative estimate of drug-likeness (QED) is 0.544. The van der Waals surface area contributed by atoms with E-state index in [-0.39, 0.29) is 11.9 Å². The fourth-order valence-corrected chi connectivity index (χ4v) is 5.40. The Labute approximate surface area is 228 Å². The maximum atomic E-state index is 10.7. The second-order valence-corrected chi connectivity index (χ2v) is 10.5. The number of hydrogen-bond acceptors (Lipinski definition) is 10. The van der Waals surface area contributed by atoms with Crippen LogP contribution in [-0.4, -0.2) is 76.1 Å². The summed E-state index contributed by atoms with van der Waals surface area (Å²) >= 11 is 0. The normalized spacial score (nSPS) is 28.0. The van der Waals surface area contributed by atoms with E-state index in [1.807, 2.05) is 45.9 Å². The highest BCUT2D eigenvalue weighted by molar-refractivity contribution is 5.85. The Balaban J connectivity index is 1.73. The summed E-state index contributed by atoms with van der Waals surface area (Å²) in [5.74, 6) is 0.629. The van der Waals surface area contributed by atoms with Crippen molar-refractivity contribution in [1.29, 1.82) is 0 Å². The van der Waals surface area contributed by atoms with Gasteiger partial charge in [-0.25, -0.2) is 0 Å². The Bertz CT molecular complexity index is 1240. The first-order chi connectivity index (χ1) is 18.5. The van der Waals surface area contributed by atoms with Crippen molar-refractivity contribution >= 4 is 5.57 Å². The summed E-state index contributed by atoms with van der Waals surface area (Å²) < 4.78 is 53.6. The summed E-state index contributed by atoms with van der Waals surface area (Å²) in [4.78, 5) is 0. The van der Waals surface area contributed by atoms with Crippen LogP contribution in [0.4, 0.5) is 0 Å². The average molecular weight is 545 g/mol. The van der Waals surface area contributed by atoms with Crippen molar-refractivity contribution in [2.75, 3.05) is 35.0 Å². The van der Waals surface area contributed by atoms with Crippen LogP contribution >= 0.6 is 0 Å². The van der Waals surface area contributed by atoms with Crippen molar-refractivity contribution in [2.24, 2.45) is 0 Å². The molecule has 1 N–H and O–H groups in total. The van der Waals surface area contributed by atoms with E-state index in [1.54, 1.807) is 33.5 Å². The second-order valence-electron chi connectivity index (χ2n) is 10.5. The Morgan fingerprint density at radius 3 is 1.97 bits per heavy atom. The van der Waals surface area contributed by atoms with Gasteiger partial charge in [0.15, 0.2) is 40.7 Å². The third-order valence-corrected chi connectivity index (χ3v) is 7.04. The van der Waals surface area contributed by atoms with Crippen LogP contribution in [0, 0.1) is 0 Å². The van der Waals surface area contributed by atoms with E-state index in [1.165, 1.54) is 7.11 Å². The van der Waals surface area contributed by atoms with E-state index in [2.05, 4.69) is 0 Å². The lowest BCUT2D eigenvalue weighted by Crippen LogP contribution is -2.40. The van der Waals surface area contributed by atoms with E-state index in [0.29, 0.717) is 52.1 Å². The number of benzene rings is 2. The fourth-order valence-electron chi connectivity index (χ4n) is 5.40. The zero-order valence-corrected chi connectivity index (χ0v) is 23.5. The van der Waals surface area contributed by atoms with Crippen molar-refractivity contribution in [3.05, 3.63) is 47.2 Å². The van der Waals surface area contributed by atoms with Gasteiger partial charge in [0.1, 0.15) is 24.1 Å². The number of ether oxygens (including phenoxy) is 9. The number of phenolic OH excluding ortho intramolecular Hbond substituents is 1. The highest BCUT2D eigenvalue weighted by Gasteiger charge is 2.58. The van der Waals surface area contributed by atoms with Crippen LogP contribution in [0.1, 0.15) is 38.8 Å². The van der Waals surface area contributed by atoms with Crippen molar-refractivity contribution in [1.82, 2.24) is 0 Å². The van der Waals surface area contributed by atoms with Gasteiger partial charge in [-0.2, -0.15) is 0 Å². The van der Waals surface area contributed by atoms with Gasteiger partial charge in [0.05, 0.1) is 35.0 Å². The van der Waals surface area contributed by atoms with Crippen LogP contribution in [-0.2, 0) is 23.7 Å². The maximum absolute atomic E-state index is 10.7. The average Bonchev–Trinajstić information content (AvgIpc) is 3.53. The summed E-state index contributed by atoms with van der Waals surface area (Å²) in [5.41, 5.74) is 2.01. The molecule has 0 amide bonds. The predicted octanol–water partition coefficient (Wildman–Crippen LogP) is 4.26. The lowest BCUT2D eigenvalue weighted by molar-refractivity contribution is -0.187. The SMILES string of the molecule is COc1ccc(/C(=C2/O[C@@H]([C@H]3COC(C)(C)O3)[C@H]3OC(C)(C)O[C@@H]23)c2cc(OC)c(OC)c(OC)c2)cc1O. The molecule has 0 spiro atoms. The van der Waals surface area contributed by atoms with Gasteiger partial charge in [0, 0.05) is 5.57 Å². The maximum Gasteiger partial charge on any atom is 0.203 e. The molecule has 10 nitrogen and oxygen atoms in total. The molecule has 3 heterocycles. The molecule has 0 unspecified atom stereocenters. The summed E-state index contributed by atoms with van der Waals surface area (Å²) in [6, 6.07) is 8.82. The van der Waals surface area contributed by atoms with E-state index in [4.69, 9.17) is 42.6 Å². The zero-order valence-electron chi connectivity index (χ0n) is 23.5. The molecular formula is C29H36O10. The topological polar surface area (TPSA) is 103 Å². The molecule has 39 heavy (non-hydrogen) atoms. The van der Waals surface area contributed by atoms with Gasteiger partial charge in [-0.3, -0.25) is 0 Å². The molecule has 0 saturated carbocycles. The zero-order chi connectivity index (χ0) is 28.1. The van der Waals surface area contributed by atoms with Gasteiger partial charge in [0.2, 0.25) is 5.75 Å². The van der Waals surface area contributed by atoms with Crippen LogP contribution in [0.2, 0.25) is 0 Å². The van der Waals surface area contributed by atoms with Gasteiger partial charge < -0.3 is 47.7 Å². The fraction of sp³-hybridized carbons (Fsp3) is 0.517. The summed E-state index contributed by atoms with van der Waals surface area (Å²) in [6.07, 6.45) is -1.90. The second kappa shape index (κ2) is 10.1. The Kier molecular flexibility index (Phi) is 7.09. The smallest absolute Gasteiger partial charge is 0.203 e. The lowest BCUT2D eigenvalue weighted by Gasteiger charge is -2.27. The molecule has 3 fully saturated rings. The largest absolute Gasteiger partial charge is 0.504 e. The molecule has 0 bridgehead atoms. The minimum absolute atomic E-state index is 0.0233. The van der Waals surface area contributed by atoms with Crippen molar-refractivity contribution in [3.8, 4) is 28.7 Å². The van der Waals surface area contributed by atoms with E-state index in [0.717, 1.165) is 0 Å². The van der Waals surface area contributed by atoms with Gasteiger partial charge in [-0.15, -0.1) is 0 Å². The van der Waals surface area contributed by atoms with Crippen molar-refractivity contribution < 1.29 is 47.7 Å². The number of fused-ring (bicyclic) bond motifs is 1. The molecule has 3 aliphatic heterocycles. The van der Waals surface area contributed by atoms with Gasteiger partial charge in [0.25, 0.3) is 0 Å². The summed E-state index contributed by atoms with van der Waals surface area (Å²) in [6.45, 7) is 7.82. The van der Waals surface area contributed by atoms with Crippen LogP contribution in [0.5, 0.6) is 28.7 Å². The van der Waals surface area contributed by atoms with Gasteiger partial charge >= 0.3 is 0 Å². The van der Waals surface area contributed by atoms with E-state index >= 15 is 0 Å². The first-order valence-electron chi connectivity index (χ1n) is 12.8. The molecule has 212 valence electrons. The number of phenols is 1. The molecule has 0 radical (unpaired) electrons. The molecule has 3 aliphatic rings. The molecule has 0 aromatic heterocycles. The van der Waals surface area contributed by atoms with Gasteiger partial charge in [-0.1, -0.05) is 6.07 Å². The lowest BCUT2D eigenvalue weighted by atomic mass is 9.93. The molecule has 2 aromatic carbocycles. The van der Waals surface area contributed by atoms with Crippen LogP contribution in [0.3, 0.4) is 0 Å². The number of hydrogen-bond donors (Lipinski definition) is 1. The molecule has 2 aromatic rings. The minimum atomic E-state index is -0.861.